The van der Waals surface area contributed by atoms with E-state index in [1.807, 2.05) is 17.0 Å². The molecule has 0 unspecified atom stereocenters. The second-order valence-electron chi connectivity index (χ2n) is 5.91. The summed E-state index contributed by atoms with van der Waals surface area (Å²) in [6.45, 7) is 6.07. The first-order chi connectivity index (χ1) is 12.2. The molecule has 0 atom stereocenters. The van der Waals surface area contributed by atoms with E-state index in [0.29, 0.717) is 17.7 Å². The third-order valence-corrected chi connectivity index (χ3v) is 3.87. The van der Waals surface area contributed by atoms with Gasteiger partial charge in [0.05, 0.1) is 0 Å². The molecule has 1 heterocycles. The van der Waals surface area contributed by atoms with Gasteiger partial charge in [-0.05, 0) is 54.8 Å². The average Bonchev–Trinajstić information content (AvgIpc) is 2.66. The van der Waals surface area contributed by atoms with Crippen molar-refractivity contribution in [3.8, 4) is 0 Å². The van der Waals surface area contributed by atoms with Gasteiger partial charge in [-0.3, -0.25) is 14.6 Å². The van der Waals surface area contributed by atoms with Crippen LogP contribution in [0.2, 0.25) is 0 Å². The van der Waals surface area contributed by atoms with Crippen molar-refractivity contribution in [3.05, 3.63) is 65.5 Å². The smallest absolute Gasteiger partial charge is 0.253 e. The van der Waals surface area contributed by atoms with Gasteiger partial charge in [0.15, 0.2) is 0 Å². The standard InChI is InChI=1S/C20H25N3O2/c1-3-13-23(14-4-2)20(25)18-7-5-17(6-8-18)19(24)22-15-16-9-11-21-12-10-16/h5-12H,3-4,13-15H2,1-2H3,(H,22,24). The quantitative estimate of drug-likeness (QED) is 0.803. The molecule has 0 saturated carbocycles. The summed E-state index contributed by atoms with van der Waals surface area (Å²) in [6, 6.07) is 10.6. The number of carbonyl (C=O) groups excluding carboxylic acids is 2. The van der Waals surface area contributed by atoms with E-state index >= 15 is 0 Å². The summed E-state index contributed by atoms with van der Waals surface area (Å²) in [5.41, 5.74) is 2.15. The van der Waals surface area contributed by atoms with Gasteiger partial charge >= 0.3 is 0 Å². The molecule has 25 heavy (non-hydrogen) atoms. The van der Waals surface area contributed by atoms with Crippen molar-refractivity contribution in [1.29, 1.82) is 0 Å². The number of hydrogen-bond donors (Lipinski definition) is 1. The zero-order valence-electron chi connectivity index (χ0n) is 14.9. The SMILES string of the molecule is CCCN(CCC)C(=O)c1ccc(C(=O)NCc2ccncc2)cc1. The molecule has 1 N–H and O–H groups in total. The monoisotopic (exact) mass is 339 g/mol. The third-order valence-electron chi connectivity index (χ3n) is 3.87. The Kier molecular flexibility index (Phi) is 7.14. The third kappa shape index (κ3) is 5.41. The van der Waals surface area contributed by atoms with E-state index in [4.69, 9.17) is 0 Å². The Bertz CT molecular complexity index is 678. The molecule has 1 aromatic carbocycles. The van der Waals surface area contributed by atoms with Crippen LogP contribution in [0, 0.1) is 0 Å². The van der Waals surface area contributed by atoms with E-state index < -0.39 is 0 Å². The number of nitrogens with one attached hydrogen (secondary N) is 1. The van der Waals surface area contributed by atoms with Crippen molar-refractivity contribution in [3.63, 3.8) is 0 Å². The fourth-order valence-electron chi connectivity index (χ4n) is 2.59. The van der Waals surface area contributed by atoms with Crippen molar-refractivity contribution in [2.45, 2.75) is 33.2 Å². The maximum Gasteiger partial charge on any atom is 0.253 e. The molecule has 0 aliphatic carbocycles. The predicted molar refractivity (Wildman–Crippen MR) is 98.3 cm³/mol. The van der Waals surface area contributed by atoms with Gasteiger partial charge in [0.2, 0.25) is 0 Å². The van der Waals surface area contributed by atoms with Gasteiger partial charge in [-0.1, -0.05) is 13.8 Å². The molecule has 0 aliphatic heterocycles. The first-order valence-electron chi connectivity index (χ1n) is 8.72. The van der Waals surface area contributed by atoms with Crippen molar-refractivity contribution in [2.24, 2.45) is 0 Å². The summed E-state index contributed by atoms with van der Waals surface area (Å²) in [4.78, 5) is 30.6. The topological polar surface area (TPSA) is 62.3 Å². The molecular weight excluding hydrogens is 314 g/mol. The summed E-state index contributed by atoms with van der Waals surface area (Å²) in [7, 11) is 0. The molecule has 132 valence electrons. The van der Waals surface area contributed by atoms with Gasteiger partial charge in [0.1, 0.15) is 0 Å². The molecule has 2 rings (SSSR count). The Labute approximate surface area is 149 Å². The van der Waals surface area contributed by atoms with Crippen molar-refractivity contribution in [1.82, 2.24) is 15.2 Å². The zero-order chi connectivity index (χ0) is 18.1. The van der Waals surface area contributed by atoms with Crippen LogP contribution in [-0.4, -0.2) is 34.8 Å². The minimum Gasteiger partial charge on any atom is -0.348 e. The molecule has 2 aromatic rings. The Morgan fingerprint density at radius 2 is 1.48 bits per heavy atom. The molecule has 2 amide bonds. The highest BCUT2D eigenvalue weighted by molar-refractivity contribution is 5.97. The van der Waals surface area contributed by atoms with Crippen LogP contribution < -0.4 is 5.32 Å². The van der Waals surface area contributed by atoms with Gasteiger partial charge in [-0.25, -0.2) is 0 Å². The molecule has 0 radical (unpaired) electrons. The lowest BCUT2D eigenvalue weighted by molar-refractivity contribution is 0.0755. The van der Waals surface area contributed by atoms with Crippen LogP contribution in [0.1, 0.15) is 53.0 Å². The van der Waals surface area contributed by atoms with Crippen LogP contribution >= 0.6 is 0 Å². The van der Waals surface area contributed by atoms with E-state index in [9.17, 15) is 9.59 Å². The molecule has 0 aliphatic rings. The highest BCUT2D eigenvalue weighted by atomic mass is 16.2. The fourth-order valence-corrected chi connectivity index (χ4v) is 2.59. The zero-order valence-corrected chi connectivity index (χ0v) is 14.9. The molecular formula is C20H25N3O2. The molecule has 0 saturated heterocycles. The van der Waals surface area contributed by atoms with Crippen molar-refractivity contribution >= 4 is 11.8 Å². The Balaban J connectivity index is 1.98. The first kappa shape index (κ1) is 18.6. The van der Waals surface area contributed by atoms with Crippen LogP contribution in [0.5, 0.6) is 0 Å². The minimum atomic E-state index is -0.158. The van der Waals surface area contributed by atoms with E-state index in [1.54, 1.807) is 36.7 Å². The number of carbonyl (C=O) groups is 2. The van der Waals surface area contributed by atoms with Crippen LogP contribution in [0.15, 0.2) is 48.8 Å². The highest BCUT2D eigenvalue weighted by Crippen LogP contribution is 2.09. The van der Waals surface area contributed by atoms with E-state index in [0.717, 1.165) is 31.5 Å². The predicted octanol–water partition coefficient (Wildman–Crippen LogP) is 3.27. The summed E-state index contributed by atoms with van der Waals surface area (Å²) in [5, 5.41) is 2.87. The highest BCUT2D eigenvalue weighted by Gasteiger charge is 2.14. The van der Waals surface area contributed by atoms with Gasteiger partial charge in [-0.15, -0.1) is 0 Å². The number of aromatic nitrogens is 1. The maximum atomic E-state index is 12.5. The first-order valence-corrected chi connectivity index (χ1v) is 8.72. The minimum absolute atomic E-state index is 0.0208. The molecule has 1 aromatic heterocycles. The maximum absolute atomic E-state index is 12.5. The van der Waals surface area contributed by atoms with Crippen LogP contribution in [-0.2, 0) is 6.54 Å². The number of amides is 2. The fraction of sp³-hybridized carbons (Fsp3) is 0.350. The Hall–Kier alpha value is -2.69. The number of pyridine rings is 1. The van der Waals surface area contributed by atoms with Crippen molar-refractivity contribution < 1.29 is 9.59 Å². The van der Waals surface area contributed by atoms with Gasteiger partial charge in [0.25, 0.3) is 11.8 Å². The van der Waals surface area contributed by atoms with Crippen LogP contribution in [0.4, 0.5) is 0 Å². The van der Waals surface area contributed by atoms with E-state index in [1.165, 1.54) is 0 Å². The van der Waals surface area contributed by atoms with E-state index in [-0.39, 0.29) is 11.8 Å². The summed E-state index contributed by atoms with van der Waals surface area (Å²) in [5.74, 6) is -0.137. The van der Waals surface area contributed by atoms with Crippen molar-refractivity contribution in [2.75, 3.05) is 13.1 Å². The van der Waals surface area contributed by atoms with Crippen LogP contribution in [0.3, 0.4) is 0 Å². The van der Waals surface area contributed by atoms with Gasteiger partial charge in [0, 0.05) is 43.2 Å². The second kappa shape index (κ2) is 9.57. The molecule has 0 bridgehead atoms. The van der Waals surface area contributed by atoms with Gasteiger partial charge in [-0.2, -0.15) is 0 Å². The largest absolute Gasteiger partial charge is 0.348 e. The lowest BCUT2D eigenvalue weighted by Gasteiger charge is -2.21. The average molecular weight is 339 g/mol. The summed E-state index contributed by atoms with van der Waals surface area (Å²) in [6.07, 6.45) is 5.25. The Morgan fingerprint density at radius 1 is 0.920 bits per heavy atom. The number of nitrogens with zero attached hydrogens (tertiary/aromatic N) is 2. The molecule has 0 spiro atoms. The summed E-state index contributed by atoms with van der Waals surface area (Å²) < 4.78 is 0. The molecule has 0 fully saturated rings. The normalized spacial score (nSPS) is 10.3. The Morgan fingerprint density at radius 3 is 2.04 bits per heavy atom. The lowest BCUT2D eigenvalue weighted by Crippen LogP contribution is -2.32. The van der Waals surface area contributed by atoms with Gasteiger partial charge < -0.3 is 10.2 Å². The number of hydrogen-bond acceptors (Lipinski definition) is 3. The second-order valence-corrected chi connectivity index (χ2v) is 5.91. The van der Waals surface area contributed by atoms with E-state index in [2.05, 4.69) is 24.1 Å². The lowest BCUT2D eigenvalue weighted by atomic mass is 10.1. The number of rotatable bonds is 8. The summed E-state index contributed by atoms with van der Waals surface area (Å²) >= 11 is 0. The molecule has 5 nitrogen and oxygen atoms in total. The van der Waals surface area contributed by atoms with Crippen LogP contribution in [0.25, 0.3) is 0 Å². The molecule has 5 heteroatoms. The number of benzene rings is 1.